The smallest absolute Gasteiger partial charge is 0.0380 e. The minimum absolute atomic E-state index is 1.17. The molecule has 0 radical (unpaired) electrons. The van der Waals surface area contributed by atoms with Crippen molar-refractivity contribution in [3.8, 4) is 0 Å². The third-order valence-corrected chi connectivity index (χ3v) is 2.80. The Kier molecular flexibility index (Phi) is 1.64. The molecule has 2 rings (SSSR count). The van der Waals surface area contributed by atoms with E-state index in [9.17, 15) is 0 Å². The van der Waals surface area contributed by atoms with Crippen LogP contribution < -0.4 is 0 Å². The van der Waals surface area contributed by atoms with Gasteiger partial charge in [-0.15, -0.1) is 0 Å². The van der Waals surface area contributed by atoms with Gasteiger partial charge in [-0.1, -0.05) is 5.57 Å². The highest BCUT2D eigenvalue weighted by Gasteiger charge is 2.24. The Hall–Kier alpha value is -0.500. The first-order valence-corrected chi connectivity index (χ1v) is 4.39. The summed E-state index contributed by atoms with van der Waals surface area (Å²) in [5.41, 5.74) is 3.20. The summed E-state index contributed by atoms with van der Waals surface area (Å²) in [5.74, 6) is 0. The van der Waals surface area contributed by atoms with Crippen LogP contribution in [0.1, 0.15) is 13.3 Å². The van der Waals surface area contributed by atoms with E-state index in [4.69, 9.17) is 0 Å². The van der Waals surface area contributed by atoms with Crippen LogP contribution in [0.4, 0.5) is 0 Å². The molecule has 2 nitrogen and oxygen atoms in total. The largest absolute Gasteiger partial charge is 0.372 e. The van der Waals surface area contributed by atoms with Crippen molar-refractivity contribution in [3.05, 3.63) is 11.3 Å². The zero-order valence-corrected chi connectivity index (χ0v) is 7.43. The third-order valence-electron chi connectivity index (χ3n) is 2.80. The lowest BCUT2D eigenvalue weighted by Crippen LogP contribution is -2.41. The summed E-state index contributed by atoms with van der Waals surface area (Å²) in [5, 5.41) is 0. The van der Waals surface area contributed by atoms with Gasteiger partial charge >= 0.3 is 0 Å². The van der Waals surface area contributed by atoms with E-state index in [1.807, 2.05) is 0 Å². The van der Waals surface area contributed by atoms with Crippen LogP contribution in [-0.2, 0) is 0 Å². The molecular formula is C9H16N2. The number of likely N-dealkylation sites (N-methyl/N-ethyl adjacent to an activating group) is 1. The fourth-order valence-electron chi connectivity index (χ4n) is 1.96. The normalized spacial score (nSPS) is 26.2. The molecule has 2 heteroatoms. The topological polar surface area (TPSA) is 6.48 Å². The Labute approximate surface area is 68.5 Å². The van der Waals surface area contributed by atoms with Crippen LogP contribution in [0.5, 0.6) is 0 Å². The minimum atomic E-state index is 1.17. The Morgan fingerprint density at radius 1 is 1.18 bits per heavy atom. The summed E-state index contributed by atoms with van der Waals surface area (Å²) in [7, 11) is 2.20. The van der Waals surface area contributed by atoms with Crippen LogP contribution in [0.3, 0.4) is 0 Å². The second-order valence-electron chi connectivity index (χ2n) is 3.70. The first-order chi connectivity index (χ1) is 5.27. The van der Waals surface area contributed by atoms with E-state index in [-0.39, 0.29) is 0 Å². The molecule has 0 aromatic heterocycles. The van der Waals surface area contributed by atoms with Crippen molar-refractivity contribution in [2.75, 3.05) is 33.2 Å². The van der Waals surface area contributed by atoms with Crippen molar-refractivity contribution >= 4 is 0 Å². The molecule has 0 bridgehead atoms. The Morgan fingerprint density at radius 3 is 2.82 bits per heavy atom. The van der Waals surface area contributed by atoms with Crippen LogP contribution in [0.25, 0.3) is 0 Å². The van der Waals surface area contributed by atoms with Crippen molar-refractivity contribution in [1.82, 2.24) is 9.80 Å². The maximum Gasteiger partial charge on any atom is 0.0380 e. The fourth-order valence-corrected chi connectivity index (χ4v) is 1.96. The molecule has 0 aliphatic carbocycles. The predicted octanol–water partition coefficient (Wildman–Crippen LogP) is 0.912. The molecule has 0 aromatic carbocycles. The molecule has 1 saturated heterocycles. The van der Waals surface area contributed by atoms with Crippen LogP contribution in [0.15, 0.2) is 11.3 Å². The summed E-state index contributed by atoms with van der Waals surface area (Å²) < 4.78 is 0. The Bertz CT molecular complexity index is 196. The highest BCUT2D eigenvalue weighted by atomic mass is 15.3. The number of rotatable bonds is 0. The van der Waals surface area contributed by atoms with Crippen molar-refractivity contribution in [1.29, 1.82) is 0 Å². The van der Waals surface area contributed by atoms with Gasteiger partial charge in [0.05, 0.1) is 0 Å². The fraction of sp³-hybridized carbons (Fsp3) is 0.778. The number of piperazine rings is 1. The lowest BCUT2D eigenvalue weighted by molar-refractivity contribution is 0.218. The average molecular weight is 152 g/mol. The maximum absolute atomic E-state index is 2.54. The number of hydrogen-bond donors (Lipinski definition) is 0. The zero-order valence-electron chi connectivity index (χ0n) is 7.43. The first-order valence-electron chi connectivity index (χ1n) is 4.39. The molecule has 0 spiro atoms. The maximum atomic E-state index is 2.54. The van der Waals surface area contributed by atoms with Crippen molar-refractivity contribution in [3.63, 3.8) is 0 Å². The highest BCUT2D eigenvalue weighted by molar-refractivity contribution is 5.20. The van der Waals surface area contributed by atoms with Gasteiger partial charge in [0, 0.05) is 31.9 Å². The summed E-state index contributed by atoms with van der Waals surface area (Å²) in [6.07, 6.45) is 1.29. The van der Waals surface area contributed by atoms with Gasteiger partial charge in [-0.2, -0.15) is 0 Å². The number of nitrogens with zero attached hydrogens (tertiary/aromatic N) is 2. The van der Waals surface area contributed by atoms with Gasteiger partial charge in [0.1, 0.15) is 0 Å². The molecular weight excluding hydrogens is 136 g/mol. The molecule has 0 amide bonds. The monoisotopic (exact) mass is 152 g/mol. The lowest BCUT2D eigenvalue weighted by Gasteiger charge is -2.33. The van der Waals surface area contributed by atoms with Gasteiger partial charge in [-0.3, -0.25) is 4.90 Å². The molecule has 0 saturated carbocycles. The van der Waals surface area contributed by atoms with Crippen molar-refractivity contribution < 1.29 is 0 Å². The minimum Gasteiger partial charge on any atom is -0.372 e. The molecule has 11 heavy (non-hydrogen) atoms. The van der Waals surface area contributed by atoms with Crippen LogP contribution in [0, 0.1) is 0 Å². The zero-order chi connectivity index (χ0) is 7.84. The first kappa shape index (κ1) is 7.17. The molecule has 1 fully saturated rings. The van der Waals surface area contributed by atoms with E-state index in [1.54, 1.807) is 11.3 Å². The van der Waals surface area contributed by atoms with E-state index in [1.165, 1.54) is 32.6 Å². The van der Waals surface area contributed by atoms with Crippen LogP contribution in [0.2, 0.25) is 0 Å². The van der Waals surface area contributed by atoms with E-state index < -0.39 is 0 Å². The molecule has 62 valence electrons. The molecule has 2 aliphatic rings. The average Bonchev–Trinajstić information content (AvgIpc) is 2.33. The van der Waals surface area contributed by atoms with Gasteiger partial charge < -0.3 is 4.90 Å². The Morgan fingerprint density at radius 2 is 2.00 bits per heavy atom. The molecule has 0 aromatic rings. The van der Waals surface area contributed by atoms with Gasteiger partial charge in [-0.05, 0) is 20.4 Å². The van der Waals surface area contributed by atoms with Crippen molar-refractivity contribution in [2.24, 2.45) is 0 Å². The second-order valence-corrected chi connectivity index (χ2v) is 3.70. The summed E-state index contributed by atoms with van der Waals surface area (Å²) in [6.45, 7) is 7.19. The molecule has 2 aliphatic heterocycles. The number of hydrogen-bond acceptors (Lipinski definition) is 2. The van der Waals surface area contributed by atoms with E-state index in [2.05, 4.69) is 23.8 Å². The van der Waals surface area contributed by atoms with E-state index in [0.29, 0.717) is 0 Å². The standard InChI is InChI=1S/C9H16N2/c1-8-3-4-11-6-5-10(2)7-9(8)11/h3-7H2,1-2H3. The Balaban J connectivity index is 2.16. The van der Waals surface area contributed by atoms with Crippen molar-refractivity contribution in [2.45, 2.75) is 13.3 Å². The molecule has 2 heterocycles. The van der Waals surface area contributed by atoms with Crippen LogP contribution >= 0.6 is 0 Å². The van der Waals surface area contributed by atoms with E-state index in [0.717, 1.165) is 0 Å². The van der Waals surface area contributed by atoms with E-state index >= 15 is 0 Å². The second kappa shape index (κ2) is 2.52. The summed E-state index contributed by atoms with van der Waals surface area (Å²) >= 11 is 0. The predicted molar refractivity (Wildman–Crippen MR) is 46.4 cm³/mol. The summed E-state index contributed by atoms with van der Waals surface area (Å²) in [6, 6.07) is 0. The highest BCUT2D eigenvalue weighted by Crippen LogP contribution is 2.24. The SMILES string of the molecule is CC1=C2CN(C)CCN2CC1. The molecule has 0 atom stereocenters. The summed E-state index contributed by atoms with van der Waals surface area (Å²) in [4.78, 5) is 4.94. The third kappa shape index (κ3) is 1.16. The molecule has 0 unspecified atom stereocenters. The van der Waals surface area contributed by atoms with Gasteiger partial charge in [0.15, 0.2) is 0 Å². The van der Waals surface area contributed by atoms with Gasteiger partial charge in [-0.25, -0.2) is 0 Å². The quantitative estimate of drug-likeness (QED) is 0.509. The number of fused-ring (bicyclic) bond motifs is 1. The lowest BCUT2D eigenvalue weighted by atomic mass is 10.2. The molecule has 0 N–H and O–H groups in total. The van der Waals surface area contributed by atoms with Gasteiger partial charge in [0.25, 0.3) is 0 Å². The van der Waals surface area contributed by atoms with Gasteiger partial charge in [0.2, 0.25) is 0 Å². The van der Waals surface area contributed by atoms with Crippen LogP contribution in [-0.4, -0.2) is 43.0 Å².